The summed E-state index contributed by atoms with van der Waals surface area (Å²) in [4.78, 5) is 13.2. The van der Waals surface area contributed by atoms with E-state index in [1.165, 1.54) is 0 Å². The van der Waals surface area contributed by atoms with Crippen molar-refractivity contribution in [2.45, 2.75) is 6.42 Å². The molecular formula is C14H22N2O3. The van der Waals surface area contributed by atoms with Gasteiger partial charge in [0, 0.05) is 13.6 Å². The Bertz CT molecular complexity index is 357. The van der Waals surface area contributed by atoms with Crippen molar-refractivity contribution in [3.63, 3.8) is 0 Å². The molecular weight excluding hydrogens is 244 g/mol. The lowest BCUT2D eigenvalue weighted by Gasteiger charge is -2.16. The van der Waals surface area contributed by atoms with E-state index in [1.807, 2.05) is 30.3 Å². The maximum absolute atomic E-state index is 11.6. The lowest BCUT2D eigenvalue weighted by molar-refractivity contribution is -0.135. The van der Waals surface area contributed by atoms with E-state index in [4.69, 9.17) is 15.2 Å². The number of rotatable bonds is 9. The van der Waals surface area contributed by atoms with Crippen molar-refractivity contribution in [1.82, 2.24) is 4.90 Å². The van der Waals surface area contributed by atoms with Gasteiger partial charge in [-0.15, -0.1) is 0 Å². The third-order valence-electron chi connectivity index (χ3n) is 2.59. The minimum absolute atomic E-state index is 0.0341. The first-order chi connectivity index (χ1) is 9.24. The highest BCUT2D eigenvalue weighted by Gasteiger charge is 2.07. The molecule has 2 N–H and O–H groups in total. The number of hydrogen-bond donors (Lipinski definition) is 1. The van der Waals surface area contributed by atoms with Crippen LogP contribution in [0.5, 0.6) is 5.75 Å². The van der Waals surface area contributed by atoms with Gasteiger partial charge in [-0.2, -0.15) is 0 Å². The Morgan fingerprint density at radius 1 is 1.26 bits per heavy atom. The third kappa shape index (κ3) is 6.79. The summed E-state index contributed by atoms with van der Waals surface area (Å²) in [5, 5.41) is 0. The smallest absolute Gasteiger partial charge is 0.248 e. The first-order valence-electron chi connectivity index (χ1n) is 6.43. The number of carbonyl (C=O) groups excluding carboxylic acids is 1. The molecule has 0 fully saturated rings. The number of carbonyl (C=O) groups is 1. The van der Waals surface area contributed by atoms with Gasteiger partial charge in [-0.05, 0) is 25.1 Å². The molecule has 106 valence electrons. The Morgan fingerprint density at radius 3 is 2.68 bits per heavy atom. The highest BCUT2D eigenvalue weighted by molar-refractivity contribution is 5.77. The van der Waals surface area contributed by atoms with E-state index in [9.17, 15) is 4.79 Å². The SMILES string of the molecule is CN(CCCN)C(=O)COCCOc1ccccc1. The molecule has 1 rings (SSSR count). The van der Waals surface area contributed by atoms with Crippen molar-refractivity contribution < 1.29 is 14.3 Å². The van der Waals surface area contributed by atoms with Crippen LogP contribution in [0.4, 0.5) is 0 Å². The Balaban J connectivity index is 2.05. The fourth-order valence-corrected chi connectivity index (χ4v) is 1.46. The van der Waals surface area contributed by atoms with Crippen LogP contribution in [-0.4, -0.2) is 50.8 Å². The molecule has 19 heavy (non-hydrogen) atoms. The van der Waals surface area contributed by atoms with Gasteiger partial charge in [0.15, 0.2) is 0 Å². The number of benzene rings is 1. The zero-order chi connectivity index (χ0) is 13.9. The summed E-state index contributed by atoms with van der Waals surface area (Å²) in [6, 6.07) is 9.51. The maximum atomic E-state index is 11.6. The molecule has 0 unspecified atom stereocenters. The number of amides is 1. The molecule has 0 aliphatic carbocycles. The van der Waals surface area contributed by atoms with Crippen LogP contribution in [0.25, 0.3) is 0 Å². The summed E-state index contributed by atoms with van der Waals surface area (Å²) in [5.41, 5.74) is 5.39. The van der Waals surface area contributed by atoms with Crippen molar-refractivity contribution in [3.05, 3.63) is 30.3 Å². The highest BCUT2D eigenvalue weighted by atomic mass is 16.5. The van der Waals surface area contributed by atoms with Crippen LogP contribution < -0.4 is 10.5 Å². The quantitative estimate of drug-likeness (QED) is 0.674. The van der Waals surface area contributed by atoms with Crippen LogP contribution in [0.1, 0.15) is 6.42 Å². The molecule has 0 aliphatic heterocycles. The molecule has 5 nitrogen and oxygen atoms in total. The van der Waals surface area contributed by atoms with Crippen molar-refractivity contribution in [3.8, 4) is 5.75 Å². The first-order valence-corrected chi connectivity index (χ1v) is 6.43. The van der Waals surface area contributed by atoms with Crippen molar-refractivity contribution in [2.75, 3.05) is 40.0 Å². The number of hydrogen-bond acceptors (Lipinski definition) is 4. The average Bonchev–Trinajstić information content (AvgIpc) is 2.45. The number of para-hydroxylation sites is 1. The van der Waals surface area contributed by atoms with E-state index < -0.39 is 0 Å². The van der Waals surface area contributed by atoms with Crippen LogP contribution in [0, 0.1) is 0 Å². The van der Waals surface area contributed by atoms with Gasteiger partial charge < -0.3 is 20.1 Å². The normalized spacial score (nSPS) is 10.2. The molecule has 5 heteroatoms. The van der Waals surface area contributed by atoms with Gasteiger partial charge in [0.25, 0.3) is 0 Å². The van der Waals surface area contributed by atoms with Gasteiger partial charge in [-0.25, -0.2) is 0 Å². The summed E-state index contributed by atoms with van der Waals surface area (Å²) in [6.45, 7) is 2.16. The molecule has 0 saturated carbocycles. The lowest BCUT2D eigenvalue weighted by atomic mass is 10.3. The van der Waals surface area contributed by atoms with Crippen molar-refractivity contribution >= 4 is 5.91 Å². The molecule has 0 atom stereocenters. The monoisotopic (exact) mass is 266 g/mol. The predicted molar refractivity (Wildman–Crippen MR) is 74.1 cm³/mol. The number of nitrogens with two attached hydrogens (primary N) is 1. The largest absolute Gasteiger partial charge is 0.491 e. The molecule has 0 heterocycles. The van der Waals surface area contributed by atoms with E-state index in [0.717, 1.165) is 12.2 Å². The van der Waals surface area contributed by atoms with Gasteiger partial charge in [0.05, 0.1) is 6.61 Å². The van der Waals surface area contributed by atoms with Crippen LogP contribution in [-0.2, 0) is 9.53 Å². The van der Waals surface area contributed by atoms with Gasteiger partial charge in [-0.3, -0.25) is 4.79 Å². The van der Waals surface area contributed by atoms with E-state index in [1.54, 1.807) is 11.9 Å². The molecule has 0 bridgehead atoms. The molecule has 0 spiro atoms. The summed E-state index contributed by atoms with van der Waals surface area (Å²) in [5.74, 6) is 0.769. The summed E-state index contributed by atoms with van der Waals surface area (Å²) < 4.78 is 10.7. The molecule has 0 aliphatic rings. The minimum atomic E-state index is -0.0341. The van der Waals surface area contributed by atoms with Crippen LogP contribution in [0.15, 0.2) is 30.3 Å². The van der Waals surface area contributed by atoms with E-state index in [0.29, 0.717) is 26.3 Å². The zero-order valence-corrected chi connectivity index (χ0v) is 11.4. The fourth-order valence-electron chi connectivity index (χ4n) is 1.46. The lowest BCUT2D eigenvalue weighted by Crippen LogP contribution is -2.32. The first kappa shape index (κ1) is 15.5. The summed E-state index contributed by atoms with van der Waals surface area (Å²) in [6.07, 6.45) is 0.805. The minimum Gasteiger partial charge on any atom is -0.491 e. The molecule has 0 saturated heterocycles. The van der Waals surface area contributed by atoms with Crippen LogP contribution in [0.3, 0.4) is 0 Å². The topological polar surface area (TPSA) is 64.8 Å². The van der Waals surface area contributed by atoms with E-state index >= 15 is 0 Å². The second-order valence-electron chi connectivity index (χ2n) is 4.17. The third-order valence-corrected chi connectivity index (χ3v) is 2.59. The van der Waals surface area contributed by atoms with E-state index in [-0.39, 0.29) is 12.5 Å². The maximum Gasteiger partial charge on any atom is 0.248 e. The molecule has 0 aromatic heterocycles. The Morgan fingerprint density at radius 2 is 2.00 bits per heavy atom. The Kier molecular flexibility index (Phi) is 7.62. The molecule has 1 aromatic carbocycles. The fraction of sp³-hybridized carbons (Fsp3) is 0.500. The highest BCUT2D eigenvalue weighted by Crippen LogP contribution is 2.07. The Labute approximate surface area is 114 Å². The second kappa shape index (κ2) is 9.35. The zero-order valence-electron chi connectivity index (χ0n) is 11.4. The molecule has 1 aromatic rings. The molecule has 1 amide bonds. The van der Waals surface area contributed by atoms with Crippen LogP contribution in [0.2, 0.25) is 0 Å². The number of likely N-dealkylation sites (N-methyl/N-ethyl adjacent to an activating group) is 1. The second-order valence-corrected chi connectivity index (χ2v) is 4.17. The average molecular weight is 266 g/mol. The Hall–Kier alpha value is -1.59. The summed E-state index contributed by atoms with van der Waals surface area (Å²) >= 11 is 0. The van der Waals surface area contributed by atoms with Gasteiger partial charge >= 0.3 is 0 Å². The van der Waals surface area contributed by atoms with Gasteiger partial charge in [0.1, 0.15) is 19.0 Å². The number of nitrogens with zero attached hydrogens (tertiary/aromatic N) is 1. The number of ether oxygens (including phenoxy) is 2. The van der Waals surface area contributed by atoms with Gasteiger partial charge in [-0.1, -0.05) is 18.2 Å². The predicted octanol–water partition coefficient (Wildman–Crippen LogP) is 0.889. The standard InChI is InChI=1S/C14H22N2O3/c1-16(9-5-8-15)14(17)12-18-10-11-19-13-6-3-2-4-7-13/h2-4,6-7H,5,8-12,15H2,1H3. The van der Waals surface area contributed by atoms with Crippen molar-refractivity contribution in [2.24, 2.45) is 5.73 Å². The van der Waals surface area contributed by atoms with Crippen molar-refractivity contribution in [1.29, 1.82) is 0 Å². The van der Waals surface area contributed by atoms with Gasteiger partial charge in [0.2, 0.25) is 5.91 Å². The van der Waals surface area contributed by atoms with E-state index in [2.05, 4.69) is 0 Å². The van der Waals surface area contributed by atoms with Crippen LogP contribution >= 0.6 is 0 Å². The summed E-state index contributed by atoms with van der Waals surface area (Å²) in [7, 11) is 1.75. The molecule has 0 radical (unpaired) electrons.